The Kier molecular flexibility index (Phi) is 6.45. The van der Waals surface area contributed by atoms with Crippen LogP contribution in [0.1, 0.15) is 22.9 Å². The van der Waals surface area contributed by atoms with E-state index in [0.717, 1.165) is 22.4 Å². The van der Waals surface area contributed by atoms with Crippen molar-refractivity contribution >= 4 is 0 Å². The molecule has 4 aromatic rings. The van der Waals surface area contributed by atoms with Gasteiger partial charge in [-0.2, -0.15) is 4.98 Å². The molecule has 0 radical (unpaired) electrons. The maximum atomic E-state index is 11.7. The number of fused-ring (bicyclic) bond motifs is 3. The highest BCUT2D eigenvalue weighted by atomic mass is 16.6. The molecule has 4 atom stereocenters. The second kappa shape index (κ2) is 10.1. The van der Waals surface area contributed by atoms with E-state index in [1.807, 2.05) is 60.7 Å². The minimum Gasteiger partial charge on any atom is -0.497 e. The van der Waals surface area contributed by atoms with Crippen molar-refractivity contribution in [3.8, 4) is 11.8 Å². The van der Waals surface area contributed by atoms with Gasteiger partial charge in [0.05, 0.1) is 13.7 Å². The van der Waals surface area contributed by atoms with Crippen LogP contribution in [-0.2, 0) is 19.8 Å². The van der Waals surface area contributed by atoms with E-state index in [1.54, 1.807) is 25.0 Å². The molecule has 1 aromatic heterocycles. The van der Waals surface area contributed by atoms with Crippen molar-refractivity contribution in [1.82, 2.24) is 9.55 Å². The summed E-state index contributed by atoms with van der Waals surface area (Å²) < 4.78 is 32.4. The molecule has 2 aliphatic heterocycles. The first-order valence-corrected chi connectivity index (χ1v) is 12.5. The second-order valence-electron chi connectivity index (χ2n) is 9.26. The van der Waals surface area contributed by atoms with E-state index in [9.17, 15) is 4.79 Å². The number of aromatic nitrogens is 2. The Balaban J connectivity index is 1.39. The second-order valence-corrected chi connectivity index (χ2v) is 9.26. The summed E-state index contributed by atoms with van der Waals surface area (Å²) in [4.78, 5) is 15.7. The van der Waals surface area contributed by atoms with Gasteiger partial charge in [-0.3, -0.25) is 9.36 Å². The fourth-order valence-corrected chi connectivity index (χ4v) is 5.41. The molecule has 1 saturated heterocycles. The lowest BCUT2D eigenvalue weighted by Crippen LogP contribution is -2.41. The van der Waals surface area contributed by atoms with Gasteiger partial charge in [0.15, 0.2) is 12.3 Å². The summed E-state index contributed by atoms with van der Waals surface area (Å²) in [5, 5.41) is 0. The Hall–Kier alpha value is -3.98. The molecule has 0 unspecified atom stereocenters. The highest BCUT2D eigenvalue weighted by molar-refractivity contribution is 5.48. The number of rotatable bonds is 8. The number of methoxy groups -OCH3 is 2. The van der Waals surface area contributed by atoms with E-state index >= 15 is 0 Å². The van der Waals surface area contributed by atoms with Crippen molar-refractivity contribution in [2.24, 2.45) is 0 Å². The van der Waals surface area contributed by atoms with Gasteiger partial charge in [0.1, 0.15) is 23.6 Å². The van der Waals surface area contributed by atoms with E-state index in [-0.39, 0.29) is 18.2 Å². The molecule has 0 bridgehead atoms. The zero-order chi connectivity index (χ0) is 26.1. The smallest absolute Gasteiger partial charge is 0.302 e. The monoisotopic (exact) mass is 512 g/mol. The van der Waals surface area contributed by atoms with Gasteiger partial charge in [0.2, 0.25) is 0 Å². The first kappa shape index (κ1) is 24.4. The van der Waals surface area contributed by atoms with Crippen LogP contribution in [0.4, 0.5) is 0 Å². The fourth-order valence-electron chi connectivity index (χ4n) is 5.41. The molecule has 0 aliphatic carbocycles. The van der Waals surface area contributed by atoms with E-state index < -0.39 is 30.1 Å². The molecule has 194 valence electrons. The molecular formula is C30H28N2O6. The lowest BCUT2D eigenvalue weighted by molar-refractivity contribution is -0.0992. The van der Waals surface area contributed by atoms with Gasteiger partial charge in [-0.15, -0.1) is 0 Å². The first-order chi connectivity index (χ1) is 18.6. The summed E-state index contributed by atoms with van der Waals surface area (Å²) in [7, 11) is 3.27. The third-order valence-electron chi connectivity index (χ3n) is 7.20. The van der Waals surface area contributed by atoms with Crippen molar-refractivity contribution < 1.29 is 23.7 Å². The van der Waals surface area contributed by atoms with E-state index in [2.05, 4.69) is 29.2 Å². The zero-order valence-corrected chi connectivity index (χ0v) is 21.1. The standard InChI is InChI=1S/C30H28N2O6/c1-34-23-15-13-22(14-16-23)30(20-9-5-3-6-10-20,21-11-7-4-8-12-21)36-19-24-26(35-2)27-28(37-24)32-18-17-25(33)31-29(32)38-27/h3-18,24,26-28H,19H2,1-2H3/t24-,26-,27+,28-/m1/s1. The summed E-state index contributed by atoms with van der Waals surface area (Å²) in [6, 6.07) is 29.8. The van der Waals surface area contributed by atoms with Crippen LogP contribution in [0.15, 0.2) is 102 Å². The summed E-state index contributed by atoms with van der Waals surface area (Å²) in [6.45, 7) is 0.216. The van der Waals surface area contributed by atoms with Gasteiger partial charge in [-0.1, -0.05) is 72.8 Å². The van der Waals surface area contributed by atoms with Crippen molar-refractivity contribution in [3.05, 3.63) is 124 Å². The normalized spacial score (nSPS) is 21.9. The Morgan fingerprint density at radius 2 is 1.50 bits per heavy atom. The largest absolute Gasteiger partial charge is 0.497 e. The highest BCUT2D eigenvalue weighted by Gasteiger charge is 2.53. The SMILES string of the molecule is COc1ccc(C(OC[C@H]2O[C@@H]3[C@@H](Oc4nc(=O)ccn43)[C@@H]2OC)(c2ccccc2)c2ccccc2)cc1. The molecule has 3 aromatic carbocycles. The van der Waals surface area contributed by atoms with Crippen molar-refractivity contribution in [2.75, 3.05) is 20.8 Å². The number of benzene rings is 3. The van der Waals surface area contributed by atoms with E-state index in [4.69, 9.17) is 23.7 Å². The molecule has 0 N–H and O–H groups in total. The van der Waals surface area contributed by atoms with Crippen molar-refractivity contribution in [1.29, 1.82) is 0 Å². The van der Waals surface area contributed by atoms with Gasteiger partial charge in [-0.05, 0) is 28.8 Å². The molecule has 2 aliphatic rings. The summed E-state index contributed by atoms with van der Waals surface area (Å²) >= 11 is 0. The molecular weight excluding hydrogens is 484 g/mol. The zero-order valence-electron chi connectivity index (χ0n) is 21.1. The molecule has 0 amide bonds. The van der Waals surface area contributed by atoms with Crippen LogP contribution in [0, 0.1) is 0 Å². The van der Waals surface area contributed by atoms with Gasteiger partial charge in [0.25, 0.3) is 5.56 Å². The third kappa shape index (κ3) is 4.07. The quantitative estimate of drug-likeness (QED) is 0.331. The van der Waals surface area contributed by atoms with Crippen LogP contribution in [-0.4, -0.2) is 48.7 Å². The lowest BCUT2D eigenvalue weighted by Gasteiger charge is -2.37. The van der Waals surface area contributed by atoms with Crippen LogP contribution in [0.5, 0.6) is 11.8 Å². The molecule has 3 heterocycles. The molecule has 1 fully saturated rings. The van der Waals surface area contributed by atoms with Crippen molar-refractivity contribution in [3.63, 3.8) is 0 Å². The third-order valence-corrected chi connectivity index (χ3v) is 7.20. The number of hydrogen-bond donors (Lipinski definition) is 0. The first-order valence-electron chi connectivity index (χ1n) is 12.5. The van der Waals surface area contributed by atoms with E-state index in [0.29, 0.717) is 0 Å². The molecule has 8 nitrogen and oxygen atoms in total. The highest BCUT2D eigenvalue weighted by Crippen LogP contribution is 2.44. The van der Waals surface area contributed by atoms with Gasteiger partial charge >= 0.3 is 6.01 Å². The van der Waals surface area contributed by atoms with E-state index in [1.165, 1.54) is 6.07 Å². The Morgan fingerprint density at radius 3 is 2.11 bits per heavy atom. The number of hydrogen-bond acceptors (Lipinski definition) is 7. The molecule has 0 saturated carbocycles. The van der Waals surface area contributed by atoms with Crippen molar-refractivity contribution in [2.45, 2.75) is 30.1 Å². The maximum Gasteiger partial charge on any atom is 0.302 e. The minimum absolute atomic E-state index is 0.216. The Morgan fingerprint density at radius 1 is 0.868 bits per heavy atom. The molecule has 8 heteroatoms. The van der Waals surface area contributed by atoms with Gasteiger partial charge in [-0.25, -0.2) is 0 Å². The molecule has 6 rings (SSSR count). The fraction of sp³-hybridized carbons (Fsp3) is 0.267. The van der Waals surface area contributed by atoms with Crippen LogP contribution in [0.2, 0.25) is 0 Å². The minimum atomic E-state index is -0.931. The van der Waals surface area contributed by atoms with Gasteiger partial charge < -0.3 is 23.7 Å². The van der Waals surface area contributed by atoms with Crippen LogP contribution in [0.3, 0.4) is 0 Å². The molecule has 38 heavy (non-hydrogen) atoms. The molecule has 0 spiro atoms. The number of nitrogens with zero attached hydrogens (tertiary/aromatic N) is 2. The van der Waals surface area contributed by atoms with Gasteiger partial charge in [0, 0.05) is 19.4 Å². The predicted octanol–water partition coefficient (Wildman–Crippen LogP) is 3.93. The van der Waals surface area contributed by atoms with Crippen LogP contribution >= 0.6 is 0 Å². The predicted molar refractivity (Wildman–Crippen MR) is 139 cm³/mol. The Labute approximate surface area is 220 Å². The lowest BCUT2D eigenvalue weighted by atomic mass is 9.80. The average Bonchev–Trinajstić information content (AvgIpc) is 3.49. The average molecular weight is 513 g/mol. The summed E-state index contributed by atoms with van der Waals surface area (Å²) in [5.41, 5.74) is 1.61. The topological polar surface area (TPSA) is 81.0 Å². The van der Waals surface area contributed by atoms with Crippen LogP contribution in [0.25, 0.3) is 0 Å². The Bertz CT molecular complexity index is 1400. The maximum absolute atomic E-state index is 11.7. The summed E-state index contributed by atoms with van der Waals surface area (Å²) in [6.07, 6.45) is -0.155. The van der Waals surface area contributed by atoms with Crippen LogP contribution < -0.4 is 15.0 Å². The number of ether oxygens (including phenoxy) is 5. The summed E-state index contributed by atoms with van der Waals surface area (Å²) in [5.74, 6) is 0.762.